The maximum Gasteiger partial charge on any atom is 0.127 e. The molecule has 2 heteroatoms. The molecular weight excluding hydrogens is 248 g/mol. The van der Waals surface area contributed by atoms with Gasteiger partial charge in [0.05, 0.1) is 6.61 Å². The first-order chi connectivity index (χ1) is 9.90. The maximum absolute atomic E-state index is 11.1. The second-order valence-corrected chi connectivity index (χ2v) is 4.83. The summed E-state index contributed by atoms with van der Waals surface area (Å²) >= 11 is 0. The molecule has 0 aliphatic carbocycles. The summed E-state index contributed by atoms with van der Waals surface area (Å²) in [6, 6.07) is 20.0. The van der Waals surface area contributed by atoms with E-state index >= 15 is 0 Å². The van der Waals surface area contributed by atoms with Gasteiger partial charge in [-0.05, 0) is 24.0 Å². The van der Waals surface area contributed by atoms with Crippen LogP contribution in [0.1, 0.15) is 29.9 Å². The Morgan fingerprint density at radius 3 is 2.25 bits per heavy atom. The van der Waals surface area contributed by atoms with Crippen LogP contribution < -0.4 is 0 Å². The lowest BCUT2D eigenvalue weighted by Gasteiger charge is -2.10. The number of hydrogen-bond donors (Lipinski definition) is 0. The molecule has 0 bridgehead atoms. The second kappa shape index (κ2) is 8.28. The van der Waals surface area contributed by atoms with Crippen LogP contribution >= 0.6 is 0 Å². The van der Waals surface area contributed by atoms with E-state index in [1.54, 1.807) is 0 Å². The van der Waals surface area contributed by atoms with E-state index in [2.05, 4.69) is 12.1 Å². The fraction of sp³-hybridized carbons (Fsp3) is 0.278. The molecule has 0 aliphatic rings. The van der Waals surface area contributed by atoms with E-state index in [0.717, 1.165) is 24.7 Å². The fourth-order valence-electron chi connectivity index (χ4n) is 2.18. The Bertz CT molecular complexity index is 493. The van der Waals surface area contributed by atoms with Crippen molar-refractivity contribution in [1.82, 2.24) is 0 Å². The van der Waals surface area contributed by atoms with Crippen molar-refractivity contribution in [3.05, 3.63) is 71.8 Å². The fourth-order valence-corrected chi connectivity index (χ4v) is 2.18. The number of rotatable bonds is 8. The highest BCUT2D eigenvalue weighted by molar-refractivity contribution is 5.61. The minimum Gasteiger partial charge on any atom is -0.377 e. The zero-order valence-corrected chi connectivity index (χ0v) is 11.6. The average Bonchev–Trinajstić information content (AvgIpc) is 2.53. The summed E-state index contributed by atoms with van der Waals surface area (Å²) in [7, 11) is 0. The molecule has 0 aromatic heterocycles. The molecule has 2 aromatic carbocycles. The van der Waals surface area contributed by atoms with Gasteiger partial charge in [0.1, 0.15) is 6.29 Å². The highest BCUT2D eigenvalue weighted by Gasteiger charge is 2.09. The Kier molecular flexibility index (Phi) is 6.00. The van der Waals surface area contributed by atoms with Crippen LogP contribution in [0.4, 0.5) is 0 Å². The van der Waals surface area contributed by atoms with Gasteiger partial charge in [0.2, 0.25) is 0 Å². The molecule has 1 atom stereocenters. The molecule has 20 heavy (non-hydrogen) atoms. The van der Waals surface area contributed by atoms with Crippen LogP contribution in [0.25, 0.3) is 0 Å². The summed E-state index contributed by atoms with van der Waals surface area (Å²) in [6.07, 6.45) is 2.76. The molecule has 0 N–H and O–H groups in total. The third-order valence-corrected chi connectivity index (χ3v) is 3.31. The van der Waals surface area contributed by atoms with Crippen LogP contribution in [0.5, 0.6) is 0 Å². The number of carbonyl (C=O) groups excluding carboxylic acids is 1. The standard InChI is InChI=1S/C18H20O2/c19-14-18(17-10-5-2-6-11-17)12-7-13-20-15-16-8-3-1-4-9-16/h1-6,8-11,14,18H,7,12-13,15H2/t18-/m1/s1. The predicted molar refractivity (Wildman–Crippen MR) is 80.6 cm³/mol. The Morgan fingerprint density at radius 1 is 0.950 bits per heavy atom. The molecule has 0 aliphatic heterocycles. The Balaban J connectivity index is 1.68. The Labute approximate surface area is 120 Å². The largest absolute Gasteiger partial charge is 0.377 e. The van der Waals surface area contributed by atoms with Gasteiger partial charge >= 0.3 is 0 Å². The Morgan fingerprint density at radius 2 is 1.60 bits per heavy atom. The molecule has 0 spiro atoms. The summed E-state index contributed by atoms with van der Waals surface area (Å²) in [6.45, 7) is 1.32. The molecular formula is C18H20O2. The van der Waals surface area contributed by atoms with Crippen LogP contribution in [0.3, 0.4) is 0 Å². The van der Waals surface area contributed by atoms with Crippen LogP contribution in [0.15, 0.2) is 60.7 Å². The molecule has 2 rings (SSSR count). The average molecular weight is 268 g/mol. The summed E-state index contributed by atoms with van der Waals surface area (Å²) in [4.78, 5) is 11.1. The predicted octanol–water partition coefficient (Wildman–Crippen LogP) is 3.97. The van der Waals surface area contributed by atoms with Crippen molar-refractivity contribution in [2.45, 2.75) is 25.4 Å². The molecule has 0 saturated carbocycles. The van der Waals surface area contributed by atoms with Crippen molar-refractivity contribution in [3.8, 4) is 0 Å². The van der Waals surface area contributed by atoms with Gasteiger partial charge in [-0.25, -0.2) is 0 Å². The smallest absolute Gasteiger partial charge is 0.127 e. The van der Waals surface area contributed by atoms with Crippen LogP contribution in [-0.4, -0.2) is 12.9 Å². The first kappa shape index (κ1) is 14.5. The van der Waals surface area contributed by atoms with E-state index in [1.807, 2.05) is 48.5 Å². The van der Waals surface area contributed by atoms with Gasteiger partial charge in [-0.15, -0.1) is 0 Å². The van der Waals surface area contributed by atoms with Gasteiger partial charge in [0, 0.05) is 12.5 Å². The van der Waals surface area contributed by atoms with E-state index in [-0.39, 0.29) is 5.92 Å². The van der Waals surface area contributed by atoms with Crippen molar-refractivity contribution in [3.63, 3.8) is 0 Å². The quantitative estimate of drug-likeness (QED) is 0.535. The molecule has 0 fully saturated rings. The monoisotopic (exact) mass is 268 g/mol. The second-order valence-electron chi connectivity index (χ2n) is 4.83. The number of carbonyl (C=O) groups is 1. The molecule has 0 radical (unpaired) electrons. The first-order valence-electron chi connectivity index (χ1n) is 7.02. The van der Waals surface area contributed by atoms with E-state index in [9.17, 15) is 4.79 Å². The summed E-state index contributed by atoms with van der Waals surface area (Å²) in [5.41, 5.74) is 2.27. The maximum atomic E-state index is 11.1. The lowest BCUT2D eigenvalue weighted by atomic mass is 9.96. The number of hydrogen-bond acceptors (Lipinski definition) is 2. The lowest BCUT2D eigenvalue weighted by molar-refractivity contribution is -0.109. The first-order valence-corrected chi connectivity index (χ1v) is 7.02. The van der Waals surface area contributed by atoms with E-state index in [1.165, 1.54) is 5.56 Å². The number of ether oxygens (including phenoxy) is 1. The zero-order valence-electron chi connectivity index (χ0n) is 11.6. The summed E-state index contributed by atoms with van der Waals surface area (Å²) in [5, 5.41) is 0. The van der Waals surface area contributed by atoms with Gasteiger partial charge in [0.15, 0.2) is 0 Å². The van der Waals surface area contributed by atoms with Crippen molar-refractivity contribution in [1.29, 1.82) is 0 Å². The topological polar surface area (TPSA) is 26.3 Å². The third kappa shape index (κ3) is 4.63. The van der Waals surface area contributed by atoms with Crippen molar-refractivity contribution >= 4 is 6.29 Å². The van der Waals surface area contributed by atoms with Crippen LogP contribution in [0.2, 0.25) is 0 Å². The molecule has 0 saturated heterocycles. The van der Waals surface area contributed by atoms with Crippen molar-refractivity contribution in [2.24, 2.45) is 0 Å². The highest BCUT2D eigenvalue weighted by Crippen LogP contribution is 2.18. The van der Waals surface area contributed by atoms with Crippen LogP contribution in [0, 0.1) is 0 Å². The van der Waals surface area contributed by atoms with Gasteiger partial charge in [0.25, 0.3) is 0 Å². The minimum atomic E-state index is -0.0171. The zero-order chi connectivity index (χ0) is 14.0. The van der Waals surface area contributed by atoms with E-state index in [4.69, 9.17) is 4.74 Å². The van der Waals surface area contributed by atoms with Gasteiger partial charge < -0.3 is 9.53 Å². The highest BCUT2D eigenvalue weighted by atomic mass is 16.5. The Hall–Kier alpha value is -1.93. The molecule has 104 valence electrons. The van der Waals surface area contributed by atoms with Crippen molar-refractivity contribution < 1.29 is 9.53 Å². The van der Waals surface area contributed by atoms with Gasteiger partial charge in [-0.2, -0.15) is 0 Å². The van der Waals surface area contributed by atoms with E-state index in [0.29, 0.717) is 13.2 Å². The third-order valence-electron chi connectivity index (χ3n) is 3.31. The molecule has 0 amide bonds. The molecule has 0 heterocycles. The summed E-state index contributed by atoms with van der Waals surface area (Å²) < 4.78 is 5.63. The molecule has 0 unspecified atom stereocenters. The van der Waals surface area contributed by atoms with Gasteiger partial charge in [-0.1, -0.05) is 60.7 Å². The van der Waals surface area contributed by atoms with Gasteiger partial charge in [-0.3, -0.25) is 0 Å². The lowest BCUT2D eigenvalue weighted by Crippen LogP contribution is -2.03. The minimum absolute atomic E-state index is 0.0171. The van der Waals surface area contributed by atoms with E-state index < -0.39 is 0 Å². The van der Waals surface area contributed by atoms with Crippen molar-refractivity contribution in [2.75, 3.05) is 6.61 Å². The number of aldehydes is 1. The molecule has 2 aromatic rings. The summed E-state index contributed by atoms with van der Waals surface area (Å²) in [5.74, 6) is -0.0171. The SMILES string of the molecule is O=C[C@@H](CCCOCc1ccccc1)c1ccccc1. The van der Waals surface area contributed by atoms with Crippen LogP contribution in [-0.2, 0) is 16.1 Å². The molecule has 2 nitrogen and oxygen atoms in total. The number of benzene rings is 2. The normalized spacial score (nSPS) is 12.0.